The summed E-state index contributed by atoms with van der Waals surface area (Å²) in [4.78, 5) is 12.3. The molecule has 1 aromatic carbocycles. The van der Waals surface area contributed by atoms with Crippen LogP contribution in [0.2, 0.25) is 5.02 Å². The van der Waals surface area contributed by atoms with Gasteiger partial charge in [-0.25, -0.2) is 0 Å². The number of aryl methyl sites for hydroxylation is 3. The lowest BCUT2D eigenvalue weighted by Gasteiger charge is -2.09. The first-order valence-corrected chi connectivity index (χ1v) is 8.04. The molecule has 0 saturated carbocycles. The summed E-state index contributed by atoms with van der Waals surface area (Å²) in [5.41, 5.74) is 2.08. The van der Waals surface area contributed by atoms with Gasteiger partial charge in [0.15, 0.2) is 11.5 Å². The fraction of sp³-hybridized carbons (Fsp3) is 0.222. The van der Waals surface area contributed by atoms with E-state index in [1.165, 1.54) is 0 Å². The van der Waals surface area contributed by atoms with Crippen molar-refractivity contribution >= 4 is 23.2 Å². The fourth-order valence-electron chi connectivity index (χ4n) is 2.36. The standard InChI is InChI=1S/C18H17ClN2O4/c1-10-5-4-6-14(19)17(10)23-9-13-7-8-15(24-13)18(22)20-16-11(2)21-25-12(16)3/h4-8H,9H2,1-3H3,(H,20,22). The van der Waals surface area contributed by atoms with Gasteiger partial charge in [0, 0.05) is 0 Å². The highest BCUT2D eigenvalue weighted by atomic mass is 35.5. The molecule has 2 heterocycles. The molecule has 6 nitrogen and oxygen atoms in total. The number of halogens is 1. The summed E-state index contributed by atoms with van der Waals surface area (Å²) in [5, 5.41) is 7.05. The van der Waals surface area contributed by atoms with Crippen LogP contribution in [0.25, 0.3) is 0 Å². The minimum absolute atomic E-state index is 0.170. The number of rotatable bonds is 5. The highest BCUT2D eigenvalue weighted by Gasteiger charge is 2.17. The number of anilines is 1. The van der Waals surface area contributed by atoms with Gasteiger partial charge in [-0.3, -0.25) is 4.79 Å². The smallest absolute Gasteiger partial charge is 0.291 e. The van der Waals surface area contributed by atoms with Gasteiger partial charge < -0.3 is 19.0 Å². The third-order valence-electron chi connectivity index (χ3n) is 3.68. The summed E-state index contributed by atoms with van der Waals surface area (Å²) in [7, 11) is 0. The van der Waals surface area contributed by atoms with E-state index in [1.807, 2.05) is 19.1 Å². The van der Waals surface area contributed by atoms with Crippen molar-refractivity contribution in [2.24, 2.45) is 0 Å². The molecule has 25 heavy (non-hydrogen) atoms. The number of para-hydroxylation sites is 1. The van der Waals surface area contributed by atoms with Crippen LogP contribution < -0.4 is 10.1 Å². The molecular weight excluding hydrogens is 344 g/mol. The Hall–Kier alpha value is -2.73. The van der Waals surface area contributed by atoms with Gasteiger partial charge in [-0.05, 0) is 44.5 Å². The van der Waals surface area contributed by atoms with Crippen LogP contribution in [0.1, 0.15) is 33.3 Å². The lowest BCUT2D eigenvalue weighted by Crippen LogP contribution is -2.12. The molecular formula is C18H17ClN2O4. The summed E-state index contributed by atoms with van der Waals surface area (Å²) in [6.07, 6.45) is 0. The van der Waals surface area contributed by atoms with Crippen molar-refractivity contribution in [3.05, 3.63) is 63.9 Å². The lowest BCUT2D eigenvalue weighted by molar-refractivity contribution is 0.0992. The SMILES string of the molecule is Cc1cccc(Cl)c1OCc1ccc(C(=O)Nc2c(C)noc2C)o1. The number of amides is 1. The number of nitrogens with one attached hydrogen (secondary N) is 1. The second-order valence-corrected chi connectivity index (χ2v) is 6.00. The van der Waals surface area contributed by atoms with Crippen LogP contribution in [0.15, 0.2) is 39.3 Å². The van der Waals surface area contributed by atoms with E-state index in [0.717, 1.165) is 5.56 Å². The Kier molecular flexibility index (Phi) is 4.81. The van der Waals surface area contributed by atoms with E-state index in [0.29, 0.717) is 33.7 Å². The molecule has 0 atom stereocenters. The minimum atomic E-state index is -0.380. The Labute approximate surface area is 149 Å². The highest BCUT2D eigenvalue weighted by Crippen LogP contribution is 2.29. The molecule has 0 aliphatic rings. The van der Waals surface area contributed by atoms with Crippen LogP contribution in [-0.2, 0) is 6.61 Å². The van der Waals surface area contributed by atoms with Crippen LogP contribution in [0.5, 0.6) is 5.75 Å². The predicted octanol–water partition coefficient (Wildman–Crippen LogP) is 4.68. The van der Waals surface area contributed by atoms with Crippen LogP contribution in [-0.4, -0.2) is 11.1 Å². The quantitative estimate of drug-likeness (QED) is 0.714. The molecule has 0 spiro atoms. The molecule has 7 heteroatoms. The predicted molar refractivity (Wildman–Crippen MR) is 93.2 cm³/mol. The first-order valence-electron chi connectivity index (χ1n) is 7.66. The number of hydrogen-bond donors (Lipinski definition) is 1. The van der Waals surface area contributed by atoms with Gasteiger partial charge in [-0.1, -0.05) is 28.9 Å². The zero-order chi connectivity index (χ0) is 18.0. The number of benzene rings is 1. The number of aromatic nitrogens is 1. The van der Waals surface area contributed by atoms with Crippen molar-refractivity contribution in [1.29, 1.82) is 0 Å². The first kappa shape index (κ1) is 17.1. The van der Waals surface area contributed by atoms with Crippen molar-refractivity contribution in [3.8, 4) is 5.75 Å². The Bertz CT molecular complexity index is 874. The maximum absolute atomic E-state index is 12.3. The maximum Gasteiger partial charge on any atom is 0.291 e. The summed E-state index contributed by atoms with van der Waals surface area (Å²) in [5.74, 6) is 1.45. The second-order valence-electron chi connectivity index (χ2n) is 5.59. The number of furan rings is 1. The second kappa shape index (κ2) is 7.03. The Morgan fingerprint density at radius 3 is 2.72 bits per heavy atom. The highest BCUT2D eigenvalue weighted by molar-refractivity contribution is 6.32. The van der Waals surface area contributed by atoms with E-state index in [9.17, 15) is 4.79 Å². The minimum Gasteiger partial charge on any atom is -0.484 e. The average Bonchev–Trinajstić information content (AvgIpc) is 3.16. The summed E-state index contributed by atoms with van der Waals surface area (Å²) in [6.45, 7) is 5.55. The zero-order valence-electron chi connectivity index (χ0n) is 14.1. The monoisotopic (exact) mass is 360 g/mol. The van der Waals surface area contributed by atoms with E-state index in [1.54, 1.807) is 32.0 Å². The van der Waals surface area contributed by atoms with Gasteiger partial charge >= 0.3 is 0 Å². The number of hydrogen-bond acceptors (Lipinski definition) is 5. The van der Waals surface area contributed by atoms with E-state index >= 15 is 0 Å². The normalized spacial score (nSPS) is 10.7. The van der Waals surface area contributed by atoms with Crippen molar-refractivity contribution < 1.29 is 18.5 Å². The molecule has 0 saturated heterocycles. The van der Waals surface area contributed by atoms with Crippen LogP contribution in [0.3, 0.4) is 0 Å². The van der Waals surface area contributed by atoms with Crippen LogP contribution >= 0.6 is 11.6 Å². The maximum atomic E-state index is 12.3. The van der Waals surface area contributed by atoms with E-state index in [2.05, 4.69) is 10.5 Å². The molecule has 130 valence electrons. The fourth-order valence-corrected chi connectivity index (χ4v) is 2.63. The Balaban J connectivity index is 1.67. The van der Waals surface area contributed by atoms with E-state index in [-0.39, 0.29) is 18.3 Å². The topological polar surface area (TPSA) is 77.5 Å². The van der Waals surface area contributed by atoms with E-state index < -0.39 is 0 Å². The Morgan fingerprint density at radius 2 is 2.04 bits per heavy atom. The Morgan fingerprint density at radius 1 is 1.24 bits per heavy atom. The van der Waals surface area contributed by atoms with Crippen LogP contribution in [0.4, 0.5) is 5.69 Å². The van der Waals surface area contributed by atoms with Gasteiger partial charge in [0.1, 0.15) is 29.5 Å². The third-order valence-corrected chi connectivity index (χ3v) is 3.98. The van der Waals surface area contributed by atoms with Crippen molar-refractivity contribution in [3.63, 3.8) is 0 Å². The molecule has 3 aromatic rings. The third kappa shape index (κ3) is 3.69. The number of nitrogens with zero attached hydrogens (tertiary/aromatic N) is 1. The number of carbonyl (C=O) groups is 1. The summed E-state index contributed by atoms with van der Waals surface area (Å²) in [6, 6.07) is 8.80. The molecule has 1 amide bonds. The molecule has 0 bridgehead atoms. The van der Waals surface area contributed by atoms with Gasteiger partial charge in [0.05, 0.1) is 5.02 Å². The molecule has 0 fully saturated rings. The molecule has 1 N–H and O–H groups in total. The van der Waals surface area contributed by atoms with Crippen molar-refractivity contribution in [1.82, 2.24) is 5.16 Å². The first-order chi connectivity index (χ1) is 12.0. The lowest BCUT2D eigenvalue weighted by atomic mass is 10.2. The molecule has 0 unspecified atom stereocenters. The molecule has 0 aliphatic carbocycles. The van der Waals surface area contributed by atoms with E-state index in [4.69, 9.17) is 25.3 Å². The van der Waals surface area contributed by atoms with Crippen LogP contribution in [0, 0.1) is 20.8 Å². The van der Waals surface area contributed by atoms with Crippen molar-refractivity contribution in [2.45, 2.75) is 27.4 Å². The summed E-state index contributed by atoms with van der Waals surface area (Å²) >= 11 is 6.13. The number of ether oxygens (including phenoxy) is 1. The zero-order valence-corrected chi connectivity index (χ0v) is 14.8. The van der Waals surface area contributed by atoms with Crippen molar-refractivity contribution in [2.75, 3.05) is 5.32 Å². The number of carbonyl (C=O) groups excluding carboxylic acids is 1. The molecule has 0 radical (unpaired) electrons. The summed E-state index contributed by atoms with van der Waals surface area (Å²) < 4.78 is 16.3. The van der Waals surface area contributed by atoms with Gasteiger partial charge in [-0.2, -0.15) is 0 Å². The van der Waals surface area contributed by atoms with Gasteiger partial charge in [0.25, 0.3) is 5.91 Å². The van der Waals surface area contributed by atoms with Gasteiger partial charge in [0.2, 0.25) is 0 Å². The van der Waals surface area contributed by atoms with Gasteiger partial charge in [-0.15, -0.1) is 0 Å². The molecule has 0 aliphatic heterocycles. The molecule has 3 rings (SSSR count). The average molecular weight is 361 g/mol. The molecule has 2 aromatic heterocycles. The largest absolute Gasteiger partial charge is 0.484 e.